The molecule has 0 bridgehead atoms. The summed E-state index contributed by atoms with van der Waals surface area (Å²) in [5.41, 5.74) is 2.52. The summed E-state index contributed by atoms with van der Waals surface area (Å²) in [4.78, 5) is 0. The normalized spacial score (nSPS) is 13.2. The molecular weight excluding hydrogens is 258 g/mol. The van der Waals surface area contributed by atoms with Crippen molar-refractivity contribution in [1.82, 2.24) is 15.1 Å². The molecule has 0 aliphatic heterocycles. The Balaban J connectivity index is 2.03. The quantitative estimate of drug-likeness (QED) is 0.795. The predicted octanol–water partition coefficient (Wildman–Crippen LogP) is 4.01. The van der Waals surface area contributed by atoms with Crippen molar-refractivity contribution in [2.75, 3.05) is 6.54 Å². The molecule has 3 heteroatoms. The Morgan fingerprint density at radius 2 is 1.95 bits per heavy atom. The molecule has 1 unspecified atom stereocenters. The Morgan fingerprint density at radius 3 is 2.62 bits per heavy atom. The maximum atomic E-state index is 4.79. The first-order chi connectivity index (χ1) is 10.2. The average Bonchev–Trinajstić information content (AvgIpc) is 2.84. The molecule has 0 spiro atoms. The molecule has 0 aliphatic carbocycles. The van der Waals surface area contributed by atoms with Crippen molar-refractivity contribution >= 4 is 10.9 Å². The zero-order valence-corrected chi connectivity index (χ0v) is 13.9. The molecule has 1 atom stereocenters. The van der Waals surface area contributed by atoms with E-state index in [1.807, 2.05) is 0 Å². The van der Waals surface area contributed by atoms with Crippen molar-refractivity contribution in [2.24, 2.45) is 5.92 Å². The smallest absolute Gasteiger partial charge is 0.0703 e. The zero-order valence-electron chi connectivity index (χ0n) is 13.9. The second kappa shape index (κ2) is 7.60. The van der Waals surface area contributed by atoms with Gasteiger partial charge in [0.1, 0.15) is 0 Å². The summed E-state index contributed by atoms with van der Waals surface area (Å²) in [7, 11) is 0. The third-order valence-electron chi connectivity index (χ3n) is 4.23. The van der Waals surface area contributed by atoms with Crippen LogP contribution in [0.25, 0.3) is 10.9 Å². The van der Waals surface area contributed by atoms with Crippen LogP contribution in [0, 0.1) is 5.92 Å². The maximum absolute atomic E-state index is 4.79. The number of hydrogen-bond acceptors (Lipinski definition) is 2. The molecule has 21 heavy (non-hydrogen) atoms. The van der Waals surface area contributed by atoms with Crippen molar-refractivity contribution in [1.29, 1.82) is 0 Å². The SMILES string of the molecule is CCNC(CCCc1nn(CC)c2ccccc12)C(C)C. The molecule has 1 aromatic heterocycles. The van der Waals surface area contributed by atoms with E-state index >= 15 is 0 Å². The predicted molar refractivity (Wildman–Crippen MR) is 90.6 cm³/mol. The van der Waals surface area contributed by atoms with Gasteiger partial charge in [-0.1, -0.05) is 39.0 Å². The summed E-state index contributed by atoms with van der Waals surface area (Å²) in [6.45, 7) is 10.9. The molecule has 0 saturated heterocycles. The van der Waals surface area contributed by atoms with E-state index < -0.39 is 0 Å². The lowest BCUT2D eigenvalue weighted by Crippen LogP contribution is -2.33. The molecular formula is C18H29N3. The highest BCUT2D eigenvalue weighted by molar-refractivity contribution is 5.81. The number of fused-ring (bicyclic) bond motifs is 1. The number of rotatable bonds is 8. The molecule has 0 radical (unpaired) electrons. The van der Waals surface area contributed by atoms with Crippen molar-refractivity contribution in [3.8, 4) is 0 Å². The summed E-state index contributed by atoms with van der Waals surface area (Å²) in [6.07, 6.45) is 3.49. The number of nitrogens with one attached hydrogen (secondary N) is 1. The lowest BCUT2D eigenvalue weighted by molar-refractivity contribution is 0.376. The molecule has 0 amide bonds. The van der Waals surface area contributed by atoms with Crippen LogP contribution in [0.5, 0.6) is 0 Å². The second-order valence-corrected chi connectivity index (χ2v) is 6.08. The maximum Gasteiger partial charge on any atom is 0.0703 e. The third kappa shape index (κ3) is 3.85. The molecule has 2 aromatic rings. The molecule has 2 rings (SSSR count). The van der Waals surface area contributed by atoms with E-state index in [9.17, 15) is 0 Å². The second-order valence-electron chi connectivity index (χ2n) is 6.08. The van der Waals surface area contributed by atoms with Gasteiger partial charge in [-0.05, 0) is 44.7 Å². The van der Waals surface area contributed by atoms with Crippen LogP contribution in [-0.2, 0) is 13.0 Å². The van der Waals surface area contributed by atoms with Crippen LogP contribution < -0.4 is 5.32 Å². The average molecular weight is 287 g/mol. The highest BCUT2D eigenvalue weighted by atomic mass is 15.3. The number of benzene rings is 1. The molecule has 0 fully saturated rings. The van der Waals surface area contributed by atoms with E-state index in [4.69, 9.17) is 5.10 Å². The van der Waals surface area contributed by atoms with E-state index in [0.29, 0.717) is 12.0 Å². The van der Waals surface area contributed by atoms with Gasteiger partial charge in [0, 0.05) is 18.0 Å². The number of aromatic nitrogens is 2. The van der Waals surface area contributed by atoms with Gasteiger partial charge in [-0.15, -0.1) is 0 Å². The van der Waals surface area contributed by atoms with Crippen molar-refractivity contribution in [3.05, 3.63) is 30.0 Å². The zero-order chi connectivity index (χ0) is 15.2. The summed E-state index contributed by atoms with van der Waals surface area (Å²) >= 11 is 0. The van der Waals surface area contributed by atoms with Crippen molar-refractivity contribution in [3.63, 3.8) is 0 Å². The van der Waals surface area contributed by atoms with Gasteiger partial charge in [0.05, 0.1) is 11.2 Å². The Bertz CT molecular complexity index is 557. The molecule has 0 saturated carbocycles. The van der Waals surface area contributed by atoms with Crippen LogP contribution in [0.15, 0.2) is 24.3 Å². The lowest BCUT2D eigenvalue weighted by atomic mass is 9.97. The summed E-state index contributed by atoms with van der Waals surface area (Å²) in [6, 6.07) is 9.21. The van der Waals surface area contributed by atoms with Gasteiger partial charge in [-0.2, -0.15) is 5.10 Å². The van der Waals surface area contributed by atoms with E-state index in [1.165, 1.54) is 29.4 Å². The Labute approximate surface area is 128 Å². The van der Waals surface area contributed by atoms with Gasteiger partial charge in [-0.25, -0.2) is 0 Å². The summed E-state index contributed by atoms with van der Waals surface area (Å²) in [5, 5.41) is 9.71. The lowest BCUT2D eigenvalue weighted by Gasteiger charge is -2.21. The molecule has 1 N–H and O–H groups in total. The molecule has 116 valence electrons. The minimum absolute atomic E-state index is 0.620. The van der Waals surface area contributed by atoms with Crippen molar-refractivity contribution < 1.29 is 0 Å². The highest BCUT2D eigenvalue weighted by Crippen LogP contribution is 2.21. The van der Waals surface area contributed by atoms with Crippen LogP contribution in [0.4, 0.5) is 0 Å². The van der Waals surface area contributed by atoms with Crippen molar-refractivity contribution in [2.45, 2.75) is 59.5 Å². The Kier molecular flexibility index (Phi) is 5.80. The Morgan fingerprint density at radius 1 is 1.19 bits per heavy atom. The number of aryl methyl sites for hydroxylation is 2. The van der Waals surface area contributed by atoms with Gasteiger partial charge >= 0.3 is 0 Å². The molecule has 3 nitrogen and oxygen atoms in total. The molecule has 0 aliphatic rings. The van der Waals surface area contributed by atoms with Crippen LogP contribution in [0.3, 0.4) is 0 Å². The fourth-order valence-electron chi connectivity index (χ4n) is 3.04. The topological polar surface area (TPSA) is 29.9 Å². The minimum atomic E-state index is 0.620. The number of nitrogens with zero attached hydrogens (tertiary/aromatic N) is 2. The first-order valence-corrected chi connectivity index (χ1v) is 8.35. The van der Waals surface area contributed by atoms with Gasteiger partial charge < -0.3 is 5.32 Å². The summed E-state index contributed by atoms with van der Waals surface area (Å²) in [5.74, 6) is 0.690. The van der Waals surface area contributed by atoms with E-state index in [0.717, 1.165) is 19.5 Å². The van der Waals surface area contributed by atoms with Crippen LogP contribution >= 0.6 is 0 Å². The monoisotopic (exact) mass is 287 g/mol. The first-order valence-electron chi connectivity index (χ1n) is 8.35. The first kappa shape index (κ1) is 16.0. The largest absolute Gasteiger partial charge is 0.314 e. The fourth-order valence-corrected chi connectivity index (χ4v) is 3.04. The van der Waals surface area contributed by atoms with Crippen LogP contribution in [0.2, 0.25) is 0 Å². The third-order valence-corrected chi connectivity index (χ3v) is 4.23. The van der Waals surface area contributed by atoms with Crippen LogP contribution in [0.1, 0.15) is 46.2 Å². The van der Waals surface area contributed by atoms with Gasteiger partial charge in [0.15, 0.2) is 0 Å². The summed E-state index contributed by atoms with van der Waals surface area (Å²) < 4.78 is 2.12. The number of para-hydroxylation sites is 1. The standard InChI is InChI=1S/C18H29N3/c1-5-19-16(14(3)4)11-9-12-17-15-10-7-8-13-18(15)21(6-2)20-17/h7-8,10,13-14,16,19H,5-6,9,11-12H2,1-4H3. The van der Waals surface area contributed by atoms with Crippen LogP contribution in [-0.4, -0.2) is 22.4 Å². The van der Waals surface area contributed by atoms with Gasteiger partial charge in [-0.3, -0.25) is 4.68 Å². The molecule has 1 heterocycles. The van der Waals surface area contributed by atoms with E-state index in [-0.39, 0.29) is 0 Å². The fraction of sp³-hybridized carbons (Fsp3) is 0.611. The number of hydrogen-bond donors (Lipinski definition) is 1. The van der Waals surface area contributed by atoms with Gasteiger partial charge in [0.2, 0.25) is 0 Å². The molecule has 1 aromatic carbocycles. The Hall–Kier alpha value is -1.35. The minimum Gasteiger partial charge on any atom is -0.314 e. The van der Waals surface area contributed by atoms with E-state index in [2.05, 4.69) is 62.0 Å². The van der Waals surface area contributed by atoms with E-state index in [1.54, 1.807) is 0 Å². The highest BCUT2D eigenvalue weighted by Gasteiger charge is 2.13. The van der Waals surface area contributed by atoms with Gasteiger partial charge in [0.25, 0.3) is 0 Å².